The number of ether oxygens (including phenoxy) is 2. The molecule has 0 amide bonds. The predicted octanol–water partition coefficient (Wildman–Crippen LogP) is 2.10. The van der Waals surface area contributed by atoms with Crippen LogP contribution in [0.2, 0.25) is 0 Å². The summed E-state index contributed by atoms with van der Waals surface area (Å²) in [5.41, 5.74) is 6.55. The van der Waals surface area contributed by atoms with Gasteiger partial charge >= 0.3 is 0 Å². The molecule has 0 bridgehead atoms. The number of methoxy groups -OCH3 is 2. The first-order valence-electron chi connectivity index (χ1n) is 5.87. The Morgan fingerprint density at radius 1 is 1.24 bits per heavy atom. The number of anilines is 1. The topological polar surface area (TPSA) is 56.5 Å². The predicted molar refractivity (Wildman–Crippen MR) is 70.9 cm³/mol. The van der Waals surface area contributed by atoms with E-state index in [1.165, 1.54) is 0 Å². The zero-order valence-electron chi connectivity index (χ0n) is 10.8. The first kappa shape index (κ1) is 13.6. The number of nitrogens with one attached hydrogen (secondary N) is 1. The van der Waals surface area contributed by atoms with Crippen molar-refractivity contribution in [2.75, 3.05) is 32.6 Å². The summed E-state index contributed by atoms with van der Waals surface area (Å²) >= 11 is 0. The summed E-state index contributed by atoms with van der Waals surface area (Å²) in [6.07, 6.45) is 1.03. The SMILES string of the molecule is COc1ccc(NCC(C)CCN)cc1OC. The van der Waals surface area contributed by atoms with Crippen LogP contribution in [0.25, 0.3) is 0 Å². The number of hydrogen-bond donors (Lipinski definition) is 2. The molecule has 1 aromatic carbocycles. The van der Waals surface area contributed by atoms with Crippen LogP contribution in [0.15, 0.2) is 18.2 Å². The van der Waals surface area contributed by atoms with Crippen molar-refractivity contribution in [1.82, 2.24) is 0 Å². The Balaban J connectivity index is 2.60. The van der Waals surface area contributed by atoms with Gasteiger partial charge < -0.3 is 20.5 Å². The zero-order valence-corrected chi connectivity index (χ0v) is 10.8. The monoisotopic (exact) mass is 238 g/mol. The van der Waals surface area contributed by atoms with Crippen LogP contribution in [0.4, 0.5) is 5.69 Å². The molecule has 4 nitrogen and oxygen atoms in total. The molecule has 3 N–H and O–H groups in total. The molecule has 0 radical (unpaired) electrons. The second kappa shape index (κ2) is 7.01. The fraction of sp³-hybridized carbons (Fsp3) is 0.538. The fourth-order valence-corrected chi connectivity index (χ4v) is 1.62. The lowest BCUT2D eigenvalue weighted by Crippen LogP contribution is -2.15. The minimum absolute atomic E-state index is 0.563. The molecular weight excluding hydrogens is 216 g/mol. The second-order valence-electron chi connectivity index (χ2n) is 4.13. The highest BCUT2D eigenvalue weighted by Gasteiger charge is 2.05. The standard InChI is InChI=1S/C13H22N2O2/c1-10(6-7-14)9-15-11-4-5-12(16-2)13(8-11)17-3/h4-5,8,10,15H,6-7,9,14H2,1-3H3. The van der Waals surface area contributed by atoms with E-state index in [0.717, 1.165) is 36.7 Å². The molecule has 0 aliphatic heterocycles. The van der Waals surface area contributed by atoms with Crippen molar-refractivity contribution in [2.24, 2.45) is 11.7 Å². The first-order chi connectivity index (χ1) is 8.21. The van der Waals surface area contributed by atoms with Gasteiger partial charge in [0, 0.05) is 18.3 Å². The van der Waals surface area contributed by atoms with Gasteiger partial charge in [0.05, 0.1) is 14.2 Å². The van der Waals surface area contributed by atoms with Gasteiger partial charge in [0.2, 0.25) is 0 Å². The fourth-order valence-electron chi connectivity index (χ4n) is 1.62. The summed E-state index contributed by atoms with van der Waals surface area (Å²) in [6, 6.07) is 5.82. The molecule has 0 saturated carbocycles. The van der Waals surface area contributed by atoms with Crippen molar-refractivity contribution < 1.29 is 9.47 Å². The van der Waals surface area contributed by atoms with Crippen molar-refractivity contribution >= 4 is 5.69 Å². The van der Waals surface area contributed by atoms with Crippen LogP contribution in [0.5, 0.6) is 11.5 Å². The van der Waals surface area contributed by atoms with E-state index in [1.807, 2.05) is 18.2 Å². The lowest BCUT2D eigenvalue weighted by Gasteiger charge is -2.14. The molecule has 0 aromatic heterocycles. The summed E-state index contributed by atoms with van der Waals surface area (Å²) in [5, 5.41) is 3.36. The van der Waals surface area contributed by atoms with E-state index in [4.69, 9.17) is 15.2 Å². The van der Waals surface area contributed by atoms with Gasteiger partial charge in [0.1, 0.15) is 0 Å². The van der Waals surface area contributed by atoms with Crippen LogP contribution in [0.3, 0.4) is 0 Å². The van der Waals surface area contributed by atoms with Crippen molar-refractivity contribution in [1.29, 1.82) is 0 Å². The molecule has 17 heavy (non-hydrogen) atoms. The van der Waals surface area contributed by atoms with Gasteiger partial charge in [-0.3, -0.25) is 0 Å². The van der Waals surface area contributed by atoms with E-state index in [-0.39, 0.29) is 0 Å². The van der Waals surface area contributed by atoms with Crippen LogP contribution >= 0.6 is 0 Å². The van der Waals surface area contributed by atoms with Crippen molar-refractivity contribution in [3.05, 3.63) is 18.2 Å². The highest BCUT2D eigenvalue weighted by Crippen LogP contribution is 2.29. The average Bonchev–Trinajstić information content (AvgIpc) is 2.36. The summed E-state index contributed by atoms with van der Waals surface area (Å²) in [6.45, 7) is 3.82. The van der Waals surface area contributed by atoms with Crippen LogP contribution < -0.4 is 20.5 Å². The molecule has 1 unspecified atom stereocenters. The molecule has 4 heteroatoms. The molecule has 0 fully saturated rings. The second-order valence-corrected chi connectivity index (χ2v) is 4.13. The van der Waals surface area contributed by atoms with Crippen molar-refractivity contribution in [2.45, 2.75) is 13.3 Å². The quantitative estimate of drug-likeness (QED) is 0.764. The Morgan fingerprint density at radius 3 is 2.53 bits per heavy atom. The molecule has 1 rings (SSSR count). The van der Waals surface area contributed by atoms with Crippen LogP contribution in [-0.4, -0.2) is 27.3 Å². The number of hydrogen-bond acceptors (Lipinski definition) is 4. The number of nitrogens with two attached hydrogens (primary N) is 1. The molecule has 0 aliphatic carbocycles. The molecule has 0 heterocycles. The zero-order chi connectivity index (χ0) is 12.7. The number of rotatable bonds is 7. The minimum Gasteiger partial charge on any atom is -0.493 e. The molecule has 0 spiro atoms. The van der Waals surface area contributed by atoms with Gasteiger partial charge in [-0.25, -0.2) is 0 Å². The van der Waals surface area contributed by atoms with Gasteiger partial charge in [0.15, 0.2) is 11.5 Å². The molecule has 96 valence electrons. The highest BCUT2D eigenvalue weighted by atomic mass is 16.5. The lowest BCUT2D eigenvalue weighted by molar-refractivity contribution is 0.355. The first-order valence-corrected chi connectivity index (χ1v) is 5.87. The molecule has 1 atom stereocenters. The van der Waals surface area contributed by atoms with Crippen molar-refractivity contribution in [3.8, 4) is 11.5 Å². The van der Waals surface area contributed by atoms with Gasteiger partial charge in [-0.15, -0.1) is 0 Å². The summed E-state index contributed by atoms with van der Waals surface area (Å²) in [7, 11) is 3.27. The van der Waals surface area contributed by atoms with E-state index >= 15 is 0 Å². The molecule has 0 saturated heterocycles. The van der Waals surface area contributed by atoms with Gasteiger partial charge in [-0.1, -0.05) is 6.92 Å². The minimum atomic E-state index is 0.563. The Labute approximate surface area is 103 Å². The third-order valence-electron chi connectivity index (χ3n) is 2.70. The lowest BCUT2D eigenvalue weighted by atomic mass is 10.1. The van der Waals surface area contributed by atoms with Crippen LogP contribution in [0.1, 0.15) is 13.3 Å². The van der Waals surface area contributed by atoms with Crippen molar-refractivity contribution in [3.63, 3.8) is 0 Å². The Kier molecular flexibility index (Phi) is 5.63. The van der Waals surface area contributed by atoms with Gasteiger partial charge in [-0.05, 0) is 31.0 Å². The summed E-state index contributed by atoms with van der Waals surface area (Å²) in [5.74, 6) is 2.05. The largest absolute Gasteiger partial charge is 0.493 e. The smallest absolute Gasteiger partial charge is 0.162 e. The van der Waals surface area contributed by atoms with E-state index in [0.29, 0.717) is 5.92 Å². The van der Waals surface area contributed by atoms with Gasteiger partial charge in [0.25, 0.3) is 0 Å². The summed E-state index contributed by atoms with van der Waals surface area (Å²) < 4.78 is 10.4. The maximum absolute atomic E-state index is 5.52. The van der Waals surface area contributed by atoms with E-state index in [1.54, 1.807) is 14.2 Å². The highest BCUT2D eigenvalue weighted by molar-refractivity contribution is 5.54. The Bertz CT molecular complexity index is 342. The van der Waals surface area contributed by atoms with Gasteiger partial charge in [-0.2, -0.15) is 0 Å². The van der Waals surface area contributed by atoms with E-state index in [2.05, 4.69) is 12.2 Å². The maximum Gasteiger partial charge on any atom is 0.162 e. The third-order valence-corrected chi connectivity index (χ3v) is 2.70. The normalized spacial score (nSPS) is 12.0. The Hall–Kier alpha value is -1.42. The molecule has 1 aromatic rings. The average molecular weight is 238 g/mol. The van der Waals surface area contributed by atoms with Crippen LogP contribution in [0, 0.1) is 5.92 Å². The summed E-state index contributed by atoms with van der Waals surface area (Å²) in [4.78, 5) is 0. The van der Waals surface area contributed by atoms with Crippen LogP contribution in [-0.2, 0) is 0 Å². The van der Waals surface area contributed by atoms with E-state index < -0.39 is 0 Å². The van der Waals surface area contributed by atoms with E-state index in [9.17, 15) is 0 Å². The maximum atomic E-state index is 5.52. The number of benzene rings is 1. The Morgan fingerprint density at radius 2 is 1.94 bits per heavy atom. The molecule has 0 aliphatic rings. The third kappa shape index (κ3) is 4.15. The molecular formula is C13H22N2O2.